The van der Waals surface area contributed by atoms with E-state index in [1.165, 1.54) is 6.07 Å². The lowest BCUT2D eigenvalue weighted by molar-refractivity contribution is 0.483. The Labute approximate surface area is 126 Å². The van der Waals surface area contributed by atoms with Gasteiger partial charge in [-0.1, -0.05) is 12.1 Å². The molecule has 0 atom stereocenters. The fourth-order valence-corrected chi connectivity index (χ4v) is 3.24. The summed E-state index contributed by atoms with van der Waals surface area (Å²) >= 11 is 0. The average molecular weight is 304 g/mol. The van der Waals surface area contributed by atoms with Crippen molar-refractivity contribution in [1.29, 1.82) is 0 Å². The Bertz CT molecular complexity index is 818. The fraction of sp³-hybridized carbons (Fsp3) is 0.294. The van der Waals surface area contributed by atoms with Crippen LogP contribution in [0.1, 0.15) is 27.8 Å². The lowest BCUT2D eigenvalue weighted by atomic mass is 9.93. The monoisotopic (exact) mass is 304 g/mol. The number of aryl methyl sites for hydroxylation is 5. The van der Waals surface area contributed by atoms with Gasteiger partial charge >= 0.3 is 0 Å². The second-order valence-electron chi connectivity index (χ2n) is 5.66. The van der Waals surface area contributed by atoms with Crippen molar-refractivity contribution in [2.45, 2.75) is 39.5 Å². The van der Waals surface area contributed by atoms with Crippen LogP contribution in [0.2, 0.25) is 0 Å². The Hall–Kier alpha value is -1.65. The highest BCUT2D eigenvalue weighted by Crippen LogP contribution is 2.33. The molecule has 0 aliphatic carbocycles. The third kappa shape index (κ3) is 3.01. The Balaban J connectivity index is 2.87. The minimum atomic E-state index is -4.26. The van der Waals surface area contributed by atoms with E-state index in [2.05, 4.69) is 0 Å². The molecule has 0 aromatic heterocycles. The first-order valence-corrected chi connectivity index (χ1v) is 8.22. The molecule has 1 N–H and O–H groups in total. The zero-order valence-corrected chi connectivity index (χ0v) is 13.8. The topological polar surface area (TPSA) is 54.4 Å². The molecular formula is C17H20O3S. The van der Waals surface area contributed by atoms with Crippen molar-refractivity contribution < 1.29 is 13.0 Å². The minimum Gasteiger partial charge on any atom is -0.282 e. The lowest BCUT2D eigenvalue weighted by Gasteiger charge is -2.15. The van der Waals surface area contributed by atoms with Crippen LogP contribution in [0.3, 0.4) is 0 Å². The molecule has 3 nitrogen and oxygen atoms in total. The summed E-state index contributed by atoms with van der Waals surface area (Å²) in [5.41, 5.74) is 6.48. The number of rotatable bonds is 2. The summed E-state index contributed by atoms with van der Waals surface area (Å²) < 4.78 is 33.0. The van der Waals surface area contributed by atoms with Crippen LogP contribution >= 0.6 is 0 Å². The molecule has 0 aliphatic rings. The molecule has 4 heteroatoms. The quantitative estimate of drug-likeness (QED) is 0.848. The third-order valence-electron chi connectivity index (χ3n) is 4.00. The number of hydrogen-bond donors (Lipinski definition) is 1. The molecule has 0 amide bonds. The first kappa shape index (κ1) is 15.7. The van der Waals surface area contributed by atoms with Crippen LogP contribution in [0.4, 0.5) is 0 Å². The molecule has 2 aromatic rings. The van der Waals surface area contributed by atoms with E-state index >= 15 is 0 Å². The predicted octanol–water partition coefficient (Wildman–Crippen LogP) is 4.14. The van der Waals surface area contributed by atoms with Crippen LogP contribution in [-0.4, -0.2) is 13.0 Å². The highest BCUT2D eigenvalue weighted by molar-refractivity contribution is 7.86. The molecule has 0 saturated heterocycles. The smallest absolute Gasteiger partial charge is 0.282 e. The molecule has 2 rings (SSSR count). The molecule has 112 valence electrons. The maximum atomic E-state index is 11.7. The van der Waals surface area contributed by atoms with Crippen molar-refractivity contribution in [2.24, 2.45) is 0 Å². The Morgan fingerprint density at radius 1 is 0.667 bits per heavy atom. The molecule has 0 unspecified atom stereocenters. The molecule has 0 fully saturated rings. The van der Waals surface area contributed by atoms with E-state index in [0.717, 1.165) is 33.4 Å². The van der Waals surface area contributed by atoms with Crippen molar-refractivity contribution >= 4 is 10.1 Å². The van der Waals surface area contributed by atoms with Crippen molar-refractivity contribution in [3.63, 3.8) is 0 Å². The van der Waals surface area contributed by atoms with Crippen LogP contribution < -0.4 is 0 Å². The zero-order chi connectivity index (χ0) is 15.9. The molecule has 2 aromatic carbocycles. The molecule has 0 aliphatic heterocycles. The summed E-state index contributed by atoms with van der Waals surface area (Å²) in [6.45, 7) is 9.73. The Kier molecular flexibility index (Phi) is 3.95. The van der Waals surface area contributed by atoms with E-state index in [0.29, 0.717) is 5.56 Å². The van der Waals surface area contributed by atoms with Gasteiger partial charge in [0, 0.05) is 5.56 Å². The second-order valence-corrected chi connectivity index (χ2v) is 7.05. The molecule has 0 saturated carbocycles. The van der Waals surface area contributed by atoms with E-state index in [1.54, 1.807) is 0 Å². The van der Waals surface area contributed by atoms with Gasteiger partial charge in [-0.15, -0.1) is 0 Å². The minimum absolute atomic E-state index is 0.0306. The van der Waals surface area contributed by atoms with Crippen LogP contribution in [-0.2, 0) is 10.1 Å². The fourth-order valence-electron chi connectivity index (χ4n) is 2.46. The van der Waals surface area contributed by atoms with Gasteiger partial charge in [0.25, 0.3) is 10.1 Å². The van der Waals surface area contributed by atoms with Crippen LogP contribution in [0.25, 0.3) is 11.1 Å². The summed E-state index contributed by atoms with van der Waals surface area (Å²) in [6.07, 6.45) is 0. The van der Waals surface area contributed by atoms with Crippen LogP contribution in [0.15, 0.2) is 29.2 Å². The summed E-state index contributed by atoms with van der Waals surface area (Å²) in [7, 11) is -4.26. The predicted molar refractivity (Wildman–Crippen MR) is 85.4 cm³/mol. The van der Waals surface area contributed by atoms with Gasteiger partial charge in [0.15, 0.2) is 0 Å². The van der Waals surface area contributed by atoms with E-state index in [1.807, 2.05) is 52.8 Å². The molecule has 0 bridgehead atoms. The van der Waals surface area contributed by atoms with Crippen molar-refractivity contribution in [3.8, 4) is 11.1 Å². The largest absolute Gasteiger partial charge is 0.295 e. The number of hydrogen-bond acceptors (Lipinski definition) is 2. The Morgan fingerprint density at radius 3 is 1.62 bits per heavy atom. The third-order valence-corrected chi connectivity index (χ3v) is 4.90. The molecule has 0 radical (unpaired) electrons. The SMILES string of the molecule is Cc1cc(C)c(-c2cc(C)c(C)cc2S(=O)(=O)O)cc1C. The van der Waals surface area contributed by atoms with Crippen molar-refractivity contribution in [2.75, 3.05) is 0 Å². The summed E-state index contributed by atoms with van der Waals surface area (Å²) in [4.78, 5) is -0.0306. The van der Waals surface area contributed by atoms with E-state index in [-0.39, 0.29) is 4.90 Å². The van der Waals surface area contributed by atoms with E-state index in [4.69, 9.17) is 0 Å². The van der Waals surface area contributed by atoms with Gasteiger partial charge in [0.05, 0.1) is 0 Å². The highest BCUT2D eigenvalue weighted by atomic mass is 32.2. The second kappa shape index (κ2) is 5.28. The van der Waals surface area contributed by atoms with Crippen LogP contribution in [0, 0.1) is 34.6 Å². The summed E-state index contributed by atoms with van der Waals surface area (Å²) in [5, 5.41) is 0. The maximum Gasteiger partial charge on any atom is 0.295 e. The number of benzene rings is 2. The molecule has 0 spiro atoms. The van der Waals surface area contributed by atoms with Gasteiger partial charge in [0.2, 0.25) is 0 Å². The van der Waals surface area contributed by atoms with Gasteiger partial charge < -0.3 is 0 Å². The highest BCUT2D eigenvalue weighted by Gasteiger charge is 2.19. The van der Waals surface area contributed by atoms with Crippen molar-refractivity contribution in [3.05, 3.63) is 52.1 Å². The van der Waals surface area contributed by atoms with E-state index in [9.17, 15) is 13.0 Å². The van der Waals surface area contributed by atoms with Gasteiger partial charge in [-0.25, -0.2) is 0 Å². The van der Waals surface area contributed by atoms with E-state index < -0.39 is 10.1 Å². The van der Waals surface area contributed by atoms with Gasteiger partial charge in [0.1, 0.15) is 4.90 Å². The normalized spacial score (nSPS) is 11.7. The first-order valence-electron chi connectivity index (χ1n) is 6.78. The average Bonchev–Trinajstić information content (AvgIpc) is 2.35. The Morgan fingerprint density at radius 2 is 1.10 bits per heavy atom. The molecule has 21 heavy (non-hydrogen) atoms. The maximum absolute atomic E-state index is 11.7. The molecular weight excluding hydrogens is 284 g/mol. The standard InChI is InChI=1S/C17H20O3S/c1-10-6-14(5)15(7-11(10)2)16-8-12(3)13(4)9-17(16)21(18,19)20/h6-9H,1-5H3,(H,18,19,20). The summed E-state index contributed by atoms with van der Waals surface area (Å²) in [6, 6.07) is 7.38. The zero-order valence-electron chi connectivity index (χ0n) is 13.0. The van der Waals surface area contributed by atoms with Gasteiger partial charge in [-0.3, -0.25) is 4.55 Å². The molecule has 0 heterocycles. The lowest BCUT2D eigenvalue weighted by Crippen LogP contribution is -2.03. The van der Waals surface area contributed by atoms with Crippen molar-refractivity contribution in [1.82, 2.24) is 0 Å². The van der Waals surface area contributed by atoms with Crippen LogP contribution in [0.5, 0.6) is 0 Å². The van der Waals surface area contributed by atoms with Gasteiger partial charge in [-0.2, -0.15) is 8.42 Å². The summed E-state index contributed by atoms with van der Waals surface area (Å²) in [5.74, 6) is 0. The first-order chi connectivity index (χ1) is 9.61. The van der Waals surface area contributed by atoms with Gasteiger partial charge in [-0.05, 0) is 80.1 Å².